The van der Waals surface area contributed by atoms with Crippen molar-refractivity contribution in [2.75, 3.05) is 26.2 Å². The summed E-state index contributed by atoms with van der Waals surface area (Å²) in [4.78, 5) is 6.39. The van der Waals surface area contributed by atoms with E-state index >= 15 is 0 Å². The second-order valence-corrected chi connectivity index (χ2v) is 4.04. The minimum atomic E-state index is 0.979. The summed E-state index contributed by atoms with van der Waals surface area (Å²) in [6.07, 6.45) is 6.42. The predicted molar refractivity (Wildman–Crippen MR) is 61.7 cm³/mol. The molecule has 82 valence electrons. The highest BCUT2D eigenvalue weighted by Crippen LogP contribution is 2.26. The molecule has 0 atom stereocenters. The van der Waals surface area contributed by atoms with E-state index in [-0.39, 0.29) is 0 Å². The Labute approximate surface area is 91.5 Å². The van der Waals surface area contributed by atoms with E-state index < -0.39 is 0 Å². The lowest BCUT2D eigenvalue weighted by Gasteiger charge is -2.26. The highest BCUT2D eigenvalue weighted by Gasteiger charge is 2.28. The molecule has 0 bridgehead atoms. The van der Waals surface area contributed by atoms with Crippen LogP contribution in [0.3, 0.4) is 0 Å². The Bertz CT molecular complexity index is 226. The van der Waals surface area contributed by atoms with E-state index in [1.165, 1.54) is 39.0 Å². The first-order chi connectivity index (χ1) is 7.47. The van der Waals surface area contributed by atoms with Crippen molar-refractivity contribution < 1.29 is 0 Å². The van der Waals surface area contributed by atoms with E-state index in [0.29, 0.717) is 0 Å². The van der Waals surface area contributed by atoms with Gasteiger partial charge in [-0.05, 0) is 25.0 Å². The van der Waals surface area contributed by atoms with E-state index in [0.717, 1.165) is 6.04 Å². The van der Waals surface area contributed by atoms with E-state index in [9.17, 15) is 0 Å². The quantitative estimate of drug-likeness (QED) is 0.745. The third kappa shape index (κ3) is 3.98. The number of aromatic nitrogens is 1. The Morgan fingerprint density at radius 2 is 1.67 bits per heavy atom. The summed E-state index contributed by atoms with van der Waals surface area (Å²) in [5, 5.41) is 3.36. The number of nitrogens with zero attached hydrogens (tertiary/aromatic N) is 2. The number of hydrogen-bond donors (Lipinski definition) is 1. The summed E-state index contributed by atoms with van der Waals surface area (Å²) in [6.45, 7) is 4.97. The lowest BCUT2D eigenvalue weighted by molar-refractivity contribution is 0.231. The Kier molecular flexibility index (Phi) is 4.11. The van der Waals surface area contributed by atoms with Gasteiger partial charge in [0.15, 0.2) is 0 Å². The van der Waals surface area contributed by atoms with Gasteiger partial charge in [0.25, 0.3) is 0 Å². The van der Waals surface area contributed by atoms with Crippen molar-refractivity contribution in [1.29, 1.82) is 0 Å². The zero-order valence-electron chi connectivity index (χ0n) is 9.10. The van der Waals surface area contributed by atoms with Crippen LogP contribution in [0.1, 0.15) is 12.8 Å². The van der Waals surface area contributed by atoms with Crippen molar-refractivity contribution in [3.8, 4) is 0 Å². The lowest BCUT2D eigenvalue weighted by Crippen LogP contribution is -2.44. The Balaban J connectivity index is 0.000000124. The third-order valence-corrected chi connectivity index (χ3v) is 2.78. The van der Waals surface area contributed by atoms with Crippen LogP contribution in [0.25, 0.3) is 0 Å². The van der Waals surface area contributed by atoms with Crippen LogP contribution in [0.2, 0.25) is 0 Å². The SMILES string of the molecule is C1CN(C2CC2)CCN1.c1ccncc1. The van der Waals surface area contributed by atoms with E-state index in [1.54, 1.807) is 12.4 Å². The first-order valence-corrected chi connectivity index (χ1v) is 5.76. The van der Waals surface area contributed by atoms with E-state index in [4.69, 9.17) is 0 Å². The fourth-order valence-electron chi connectivity index (χ4n) is 1.80. The van der Waals surface area contributed by atoms with Crippen LogP contribution in [0, 0.1) is 0 Å². The molecule has 2 aliphatic rings. The van der Waals surface area contributed by atoms with Crippen molar-refractivity contribution in [2.45, 2.75) is 18.9 Å². The van der Waals surface area contributed by atoms with Crippen LogP contribution < -0.4 is 5.32 Å². The lowest BCUT2D eigenvalue weighted by atomic mass is 10.3. The summed E-state index contributed by atoms with van der Waals surface area (Å²) in [5.41, 5.74) is 0. The topological polar surface area (TPSA) is 28.2 Å². The molecule has 2 heterocycles. The highest BCUT2D eigenvalue weighted by molar-refractivity contribution is 4.88. The van der Waals surface area contributed by atoms with Gasteiger partial charge in [-0.15, -0.1) is 0 Å². The van der Waals surface area contributed by atoms with Gasteiger partial charge in [-0.2, -0.15) is 0 Å². The molecule has 1 aliphatic heterocycles. The molecule has 1 aromatic rings. The monoisotopic (exact) mass is 205 g/mol. The average molecular weight is 205 g/mol. The molecule has 0 radical (unpaired) electrons. The minimum absolute atomic E-state index is 0.979. The van der Waals surface area contributed by atoms with Crippen LogP contribution in [0.5, 0.6) is 0 Å². The Hall–Kier alpha value is -0.930. The molecule has 2 fully saturated rings. The average Bonchev–Trinajstić information content (AvgIpc) is 3.17. The molecular formula is C12H19N3. The molecule has 1 N–H and O–H groups in total. The standard InChI is InChI=1S/C7H14N2.C5H5N/c1-2-7(1)9-5-3-8-4-6-9;1-2-4-6-5-3-1/h7-8H,1-6H2;1-5H. The van der Waals surface area contributed by atoms with Crippen molar-refractivity contribution in [1.82, 2.24) is 15.2 Å². The molecule has 3 rings (SSSR count). The molecule has 0 spiro atoms. The number of hydrogen-bond acceptors (Lipinski definition) is 3. The predicted octanol–water partition coefficient (Wildman–Crippen LogP) is 1.14. The van der Waals surface area contributed by atoms with Gasteiger partial charge in [0, 0.05) is 44.6 Å². The summed E-state index contributed by atoms with van der Waals surface area (Å²) >= 11 is 0. The third-order valence-electron chi connectivity index (χ3n) is 2.78. The smallest absolute Gasteiger partial charge is 0.0267 e. The normalized spacial score (nSPS) is 21.6. The Morgan fingerprint density at radius 1 is 1.00 bits per heavy atom. The van der Waals surface area contributed by atoms with Gasteiger partial charge in [0.05, 0.1) is 0 Å². The minimum Gasteiger partial charge on any atom is -0.314 e. The number of pyridine rings is 1. The number of piperazine rings is 1. The van der Waals surface area contributed by atoms with Crippen molar-refractivity contribution in [3.63, 3.8) is 0 Å². The van der Waals surface area contributed by atoms with Gasteiger partial charge in [-0.3, -0.25) is 9.88 Å². The molecule has 1 saturated heterocycles. The highest BCUT2D eigenvalue weighted by atomic mass is 15.2. The van der Waals surface area contributed by atoms with E-state index in [2.05, 4.69) is 15.2 Å². The van der Waals surface area contributed by atoms with Crippen LogP contribution in [0.15, 0.2) is 30.6 Å². The maximum absolute atomic E-state index is 3.78. The first kappa shape index (κ1) is 10.6. The molecule has 0 aromatic carbocycles. The second kappa shape index (κ2) is 5.83. The zero-order chi connectivity index (χ0) is 10.3. The molecule has 0 unspecified atom stereocenters. The molecular weight excluding hydrogens is 186 g/mol. The fraction of sp³-hybridized carbons (Fsp3) is 0.583. The fourth-order valence-corrected chi connectivity index (χ4v) is 1.80. The van der Waals surface area contributed by atoms with Gasteiger partial charge < -0.3 is 5.32 Å². The molecule has 0 amide bonds. The largest absolute Gasteiger partial charge is 0.314 e. The van der Waals surface area contributed by atoms with Crippen molar-refractivity contribution >= 4 is 0 Å². The first-order valence-electron chi connectivity index (χ1n) is 5.76. The molecule has 1 aromatic heterocycles. The molecule has 3 nitrogen and oxygen atoms in total. The maximum Gasteiger partial charge on any atom is 0.0267 e. The Morgan fingerprint density at radius 3 is 2.07 bits per heavy atom. The second-order valence-electron chi connectivity index (χ2n) is 4.04. The maximum atomic E-state index is 3.78. The van der Waals surface area contributed by atoms with Crippen molar-refractivity contribution in [3.05, 3.63) is 30.6 Å². The van der Waals surface area contributed by atoms with Gasteiger partial charge in [-0.25, -0.2) is 0 Å². The van der Waals surface area contributed by atoms with Gasteiger partial charge in [0.1, 0.15) is 0 Å². The van der Waals surface area contributed by atoms with Crippen LogP contribution >= 0.6 is 0 Å². The van der Waals surface area contributed by atoms with E-state index in [1.807, 2.05) is 18.2 Å². The summed E-state index contributed by atoms with van der Waals surface area (Å²) in [7, 11) is 0. The molecule has 15 heavy (non-hydrogen) atoms. The van der Waals surface area contributed by atoms with Crippen LogP contribution in [0.4, 0.5) is 0 Å². The molecule has 3 heteroatoms. The van der Waals surface area contributed by atoms with Crippen LogP contribution in [-0.2, 0) is 0 Å². The summed E-state index contributed by atoms with van der Waals surface area (Å²) in [6, 6.07) is 6.69. The molecule has 1 aliphatic carbocycles. The zero-order valence-corrected chi connectivity index (χ0v) is 9.10. The van der Waals surface area contributed by atoms with Gasteiger partial charge in [-0.1, -0.05) is 6.07 Å². The summed E-state index contributed by atoms with van der Waals surface area (Å²) in [5.74, 6) is 0. The summed E-state index contributed by atoms with van der Waals surface area (Å²) < 4.78 is 0. The van der Waals surface area contributed by atoms with Crippen LogP contribution in [-0.4, -0.2) is 42.1 Å². The van der Waals surface area contributed by atoms with Gasteiger partial charge in [0.2, 0.25) is 0 Å². The number of rotatable bonds is 1. The molecule has 1 saturated carbocycles. The number of nitrogens with one attached hydrogen (secondary N) is 1. The van der Waals surface area contributed by atoms with Gasteiger partial charge >= 0.3 is 0 Å². The van der Waals surface area contributed by atoms with Crippen molar-refractivity contribution in [2.24, 2.45) is 0 Å².